The summed E-state index contributed by atoms with van der Waals surface area (Å²) in [7, 11) is 0. The third kappa shape index (κ3) is 5.02. The highest BCUT2D eigenvalue weighted by molar-refractivity contribution is 7.97. The average Bonchev–Trinajstić information content (AvgIpc) is 3.12. The number of hydrogen-bond donors (Lipinski definition) is 2. The van der Waals surface area contributed by atoms with Gasteiger partial charge in [0.25, 0.3) is 0 Å². The molecule has 1 aromatic heterocycles. The lowest BCUT2D eigenvalue weighted by molar-refractivity contribution is 0.377. The van der Waals surface area contributed by atoms with E-state index in [-0.39, 0.29) is 17.4 Å². The molecule has 1 aromatic carbocycles. The molecule has 6 nitrogen and oxygen atoms in total. The molecule has 29 heavy (non-hydrogen) atoms. The van der Waals surface area contributed by atoms with Crippen molar-refractivity contribution in [1.82, 2.24) is 9.29 Å². The Bertz CT molecular complexity index is 889. The van der Waals surface area contributed by atoms with Crippen LogP contribution in [-0.2, 0) is 6.42 Å². The molecule has 1 fully saturated rings. The predicted molar refractivity (Wildman–Crippen MR) is 119 cm³/mol. The van der Waals surface area contributed by atoms with Crippen LogP contribution in [0.1, 0.15) is 47.8 Å². The number of aromatic nitrogens is 1. The zero-order valence-corrected chi connectivity index (χ0v) is 18.8. The van der Waals surface area contributed by atoms with Crippen molar-refractivity contribution in [2.24, 2.45) is 11.0 Å². The Balaban J connectivity index is 1.82. The van der Waals surface area contributed by atoms with Crippen LogP contribution in [0.15, 0.2) is 23.4 Å². The minimum absolute atomic E-state index is 0.116. The molecule has 1 saturated heterocycles. The van der Waals surface area contributed by atoms with E-state index in [1.54, 1.807) is 23.3 Å². The topological polar surface area (TPSA) is 79.4 Å². The third-order valence-electron chi connectivity index (χ3n) is 4.86. The molecule has 1 aliphatic heterocycles. The number of amidine groups is 1. The number of anilines is 1. The van der Waals surface area contributed by atoms with Crippen LogP contribution in [0.2, 0.25) is 0 Å². The van der Waals surface area contributed by atoms with Crippen molar-refractivity contribution in [1.29, 1.82) is 10.9 Å². The van der Waals surface area contributed by atoms with Gasteiger partial charge in [-0.1, -0.05) is 25.8 Å². The summed E-state index contributed by atoms with van der Waals surface area (Å²) in [6, 6.07) is 3.66. The van der Waals surface area contributed by atoms with Crippen LogP contribution in [0.25, 0.3) is 0 Å². The summed E-state index contributed by atoms with van der Waals surface area (Å²) in [5, 5.41) is 12.3. The number of nitrogens with one attached hydrogen (secondary N) is 2. The largest absolute Gasteiger partial charge is 0.359 e. The number of thiazole rings is 1. The second-order valence-corrected chi connectivity index (χ2v) is 9.93. The van der Waals surface area contributed by atoms with Crippen LogP contribution >= 0.6 is 23.3 Å². The third-order valence-corrected chi connectivity index (χ3v) is 7.20. The second kappa shape index (κ2) is 9.32. The molecule has 2 heterocycles. The first-order valence-corrected chi connectivity index (χ1v) is 11.4. The normalized spacial score (nSPS) is 16.3. The van der Waals surface area contributed by atoms with E-state index in [9.17, 15) is 4.39 Å². The molecule has 1 aliphatic rings. The van der Waals surface area contributed by atoms with E-state index >= 15 is 0 Å². The maximum Gasteiger partial charge on any atom is 0.178 e. The Labute approximate surface area is 179 Å². The average molecular weight is 435 g/mol. The summed E-state index contributed by atoms with van der Waals surface area (Å²) in [5.74, 6) is 0.241. The predicted octanol–water partition coefficient (Wildman–Crippen LogP) is 5.63. The van der Waals surface area contributed by atoms with E-state index in [0.717, 1.165) is 23.5 Å². The Kier molecular flexibility index (Phi) is 7.02. The van der Waals surface area contributed by atoms with Crippen LogP contribution < -0.4 is 4.90 Å². The van der Waals surface area contributed by atoms with Crippen molar-refractivity contribution >= 4 is 34.8 Å². The van der Waals surface area contributed by atoms with Crippen LogP contribution in [0, 0.1) is 29.6 Å². The second-order valence-electron chi connectivity index (χ2n) is 7.68. The van der Waals surface area contributed by atoms with Crippen molar-refractivity contribution in [3.63, 3.8) is 0 Å². The zero-order valence-electron chi connectivity index (χ0n) is 17.2. The van der Waals surface area contributed by atoms with Crippen LogP contribution in [0.5, 0.6) is 0 Å². The summed E-state index contributed by atoms with van der Waals surface area (Å²) in [4.78, 5) is 7.80. The molecule has 2 aromatic rings. The van der Waals surface area contributed by atoms with Gasteiger partial charge in [-0.15, -0.1) is 16.5 Å². The SMILES string of the molecule is Cc1cnc(C(C)N2CCN(c3cc(CC(C)C)cc(F)c3C(=N)N=N)CS2)s1. The highest BCUT2D eigenvalue weighted by atomic mass is 32.2. The molecule has 0 bridgehead atoms. The molecule has 9 heteroatoms. The Morgan fingerprint density at radius 1 is 1.31 bits per heavy atom. The summed E-state index contributed by atoms with van der Waals surface area (Å²) in [6.45, 7) is 9.93. The van der Waals surface area contributed by atoms with E-state index in [2.05, 4.69) is 47.0 Å². The summed E-state index contributed by atoms with van der Waals surface area (Å²) >= 11 is 3.40. The number of hydrogen-bond acceptors (Lipinski definition) is 7. The number of benzene rings is 1. The fourth-order valence-electron chi connectivity index (χ4n) is 3.45. The van der Waals surface area contributed by atoms with Crippen molar-refractivity contribution < 1.29 is 4.39 Å². The maximum atomic E-state index is 14.8. The quantitative estimate of drug-likeness (QED) is 0.267. The van der Waals surface area contributed by atoms with Gasteiger partial charge in [-0.3, -0.25) is 5.41 Å². The number of aryl methyl sites for hydroxylation is 1. The summed E-state index contributed by atoms with van der Waals surface area (Å²) < 4.78 is 17.2. The van der Waals surface area contributed by atoms with Crippen LogP contribution in [0.3, 0.4) is 0 Å². The lowest BCUT2D eigenvalue weighted by Crippen LogP contribution is -2.40. The molecular weight excluding hydrogens is 407 g/mol. The smallest absolute Gasteiger partial charge is 0.178 e. The molecule has 0 amide bonds. The van der Waals surface area contributed by atoms with Gasteiger partial charge in [0, 0.05) is 24.2 Å². The van der Waals surface area contributed by atoms with E-state index in [0.29, 0.717) is 24.0 Å². The first kappa shape index (κ1) is 21.9. The number of nitrogens with zero attached hydrogens (tertiary/aromatic N) is 4. The van der Waals surface area contributed by atoms with Crippen molar-refractivity contribution in [3.8, 4) is 0 Å². The van der Waals surface area contributed by atoms with Crippen molar-refractivity contribution in [3.05, 3.63) is 45.2 Å². The van der Waals surface area contributed by atoms with Crippen molar-refractivity contribution in [2.75, 3.05) is 23.9 Å². The molecule has 0 radical (unpaired) electrons. The monoisotopic (exact) mass is 434 g/mol. The highest BCUT2D eigenvalue weighted by Crippen LogP contribution is 2.35. The summed E-state index contributed by atoms with van der Waals surface area (Å²) in [5.41, 5.74) is 8.89. The van der Waals surface area contributed by atoms with Crippen molar-refractivity contribution in [2.45, 2.75) is 40.2 Å². The molecule has 3 rings (SSSR count). The van der Waals surface area contributed by atoms with Gasteiger partial charge in [-0.2, -0.15) is 0 Å². The molecule has 1 unspecified atom stereocenters. The lowest BCUT2D eigenvalue weighted by Gasteiger charge is -2.38. The molecular formula is C20H27FN6S2. The standard InChI is InChI=1S/C20H27FN6S2/c1-12(2)7-15-8-16(21)18(19(22)25-23)17(9-15)26-5-6-27(28-11-26)14(4)20-24-10-13(3)29-20/h8-10,12,14,22-23H,5-7,11H2,1-4H3. The Morgan fingerprint density at radius 2 is 2.07 bits per heavy atom. The Morgan fingerprint density at radius 3 is 2.62 bits per heavy atom. The van der Waals surface area contributed by atoms with Gasteiger partial charge in [0.05, 0.1) is 23.2 Å². The molecule has 0 saturated carbocycles. The van der Waals surface area contributed by atoms with Gasteiger partial charge < -0.3 is 4.90 Å². The molecule has 0 aliphatic carbocycles. The minimum Gasteiger partial charge on any atom is -0.359 e. The van der Waals surface area contributed by atoms with Gasteiger partial charge in [-0.05, 0) is 43.9 Å². The zero-order chi connectivity index (χ0) is 21.1. The van der Waals surface area contributed by atoms with E-state index in [4.69, 9.17) is 10.9 Å². The fraction of sp³-hybridized carbons (Fsp3) is 0.500. The molecule has 2 N–H and O–H groups in total. The molecule has 0 spiro atoms. The van der Waals surface area contributed by atoms with Gasteiger partial charge in [0.15, 0.2) is 5.84 Å². The number of rotatable bonds is 6. The lowest BCUT2D eigenvalue weighted by atomic mass is 9.99. The molecule has 156 valence electrons. The minimum atomic E-state index is -0.474. The van der Waals surface area contributed by atoms with E-state index < -0.39 is 5.82 Å². The van der Waals surface area contributed by atoms with Gasteiger partial charge >= 0.3 is 0 Å². The maximum absolute atomic E-state index is 14.8. The van der Waals surface area contributed by atoms with Crippen LogP contribution in [0.4, 0.5) is 10.1 Å². The van der Waals surface area contributed by atoms with Gasteiger partial charge in [0.1, 0.15) is 10.8 Å². The van der Waals surface area contributed by atoms with Gasteiger partial charge in [0.2, 0.25) is 0 Å². The number of halogens is 1. The highest BCUT2D eigenvalue weighted by Gasteiger charge is 2.28. The fourth-order valence-corrected chi connectivity index (χ4v) is 5.45. The van der Waals surface area contributed by atoms with E-state index in [1.165, 1.54) is 10.9 Å². The molecule has 1 atom stereocenters. The Hall–Kier alpha value is -1.84. The summed E-state index contributed by atoms with van der Waals surface area (Å²) in [6.07, 6.45) is 2.67. The van der Waals surface area contributed by atoms with Gasteiger partial charge in [-0.25, -0.2) is 19.2 Å². The first-order valence-electron chi connectivity index (χ1n) is 9.65. The first-order chi connectivity index (χ1) is 13.8. The van der Waals surface area contributed by atoms with E-state index in [1.807, 2.05) is 12.3 Å². The van der Waals surface area contributed by atoms with Crippen LogP contribution in [-0.4, -0.2) is 34.1 Å².